The molecule has 2 N–H and O–H groups in total. The zero-order chi connectivity index (χ0) is 24.7. The highest BCUT2D eigenvalue weighted by Crippen LogP contribution is 2.44. The lowest BCUT2D eigenvalue weighted by Crippen LogP contribution is -2.29. The highest BCUT2D eigenvalue weighted by Gasteiger charge is 2.47. The van der Waals surface area contributed by atoms with Crippen LogP contribution in [0.15, 0.2) is 72.6 Å². The number of likely N-dealkylation sites (tertiary alicyclic amines) is 1. The number of nitrogens with zero attached hydrogens (tertiary/aromatic N) is 2. The molecule has 2 aromatic heterocycles. The van der Waals surface area contributed by atoms with Crippen LogP contribution >= 0.6 is 0 Å². The predicted molar refractivity (Wildman–Crippen MR) is 133 cm³/mol. The van der Waals surface area contributed by atoms with Gasteiger partial charge in [-0.1, -0.05) is 30.3 Å². The quantitative estimate of drug-likeness (QED) is 0.250. The number of aliphatic hydroxyl groups excluding tert-OH is 1. The van der Waals surface area contributed by atoms with E-state index in [9.17, 15) is 14.7 Å². The van der Waals surface area contributed by atoms with Crippen molar-refractivity contribution in [2.75, 3.05) is 7.11 Å². The number of hydrogen-bond acceptors (Lipinski definition) is 5. The molecular formula is C28H25N3O4. The van der Waals surface area contributed by atoms with Crippen LogP contribution in [0.1, 0.15) is 34.0 Å². The molecule has 3 heterocycles. The summed E-state index contributed by atoms with van der Waals surface area (Å²) in [5.74, 6) is -1.22. The molecule has 1 aliphatic rings. The zero-order valence-corrected chi connectivity index (χ0v) is 19.7. The third-order valence-electron chi connectivity index (χ3n) is 6.39. The maximum absolute atomic E-state index is 13.5. The van der Waals surface area contributed by atoms with Crippen LogP contribution in [0.25, 0.3) is 16.7 Å². The second-order valence-corrected chi connectivity index (χ2v) is 8.70. The van der Waals surface area contributed by atoms with E-state index in [-0.39, 0.29) is 17.9 Å². The third kappa shape index (κ3) is 3.75. The Morgan fingerprint density at radius 3 is 2.63 bits per heavy atom. The maximum atomic E-state index is 13.5. The van der Waals surface area contributed by atoms with E-state index in [2.05, 4.69) is 9.97 Å². The van der Waals surface area contributed by atoms with E-state index in [4.69, 9.17) is 4.74 Å². The smallest absolute Gasteiger partial charge is 0.296 e. The predicted octanol–water partition coefficient (Wildman–Crippen LogP) is 4.81. The number of aliphatic hydroxyl groups is 1. The van der Waals surface area contributed by atoms with Gasteiger partial charge in [0.05, 0.1) is 36.5 Å². The second-order valence-electron chi connectivity index (χ2n) is 8.70. The lowest BCUT2D eigenvalue weighted by Gasteiger charge is -2.25. The summed E-state index contributed by atoms with van der Waals surface area (Å²) in [6.07, 6.45) is 3.44. The monoisotopic (exact) mass is 467 g/mol. The van der Waals surface area contributed by atoms with Gasteiger partial charge in [-0.25, -0.2) is 0 Å². The topological polar surface area (TPSA) is 95.5 Å². The number of ether oxygens (including phenoxy) is 1. The van der Waals surface area contributed by atoms with E-state index in [0.717, 1.165) is 27.6 Å². The fourth-order valence-electron chi connectivity index (χ4n) is 4.90. The number of methoxy groups -OCH3 is 1. The lowest BCUT2D eigenvalue weighted by atomic mass is 9.93. The molecule has 1 aliphatic heterocycles. The normalized spacial score (nSPS) is 17.3. The number of aromatic amines is 1. The molecule has 4 aromatic rings. The number of nitrogens with one attached hydrogen (secondary N) is 1. The van der Waals surface area contributed by atoms with Crippen LogP contribution in [0.3, 0.4) is 0 Å². The first-order chi connectivity index (χ1) is 16.9. The van der Waals surface area contributed by atoms with Gasteiger partial charge in [0, 0.05) is 28.9 Å². The fraction of sp³-hybridized carbons (Fsp3) is 0.179. The van der Waals surface area contributed by atoms with Crippen molar-refractivity contribution in [1.29, 1.82) is 0 Å². The Labute approximate surface area is 202 Å². The van der Waals surface area contributed by atoms with Crippen LogP contribution in [0.4, 0.5) is 0 Å². The summed E-state index contributed by atoms with van der Waals surface area (Å²) >= 11 is 0. The molecule has 1 fully saturated rings. The molecule has 5 rings (SSSR count). The van der Waals surface area contributed by atoms with E-state index < -0.39 is 17.7 Å². The molecule has 0 bridgehead atoms. The molecule has 7 heteroatoms. The number of rotatable bonds is 5. The standard InChI is InChI=1S/C28H25N3O4/c1-16-12-17(2)27(35-3)20(13-16)25(32)23-24(21-14-30-22-10-5-4-9-19(21)22)31(28(34)26(23)33)15-18-8-6-7-11-29-18/h4-14,24,30,32H,15H2,1-3H3/b25-23+. The Kier molecular flexibility index (Phi) is 5.61. The SMILES string of the molecule is COc1c(C)cc(C)cc1/C(O)=C1\C(=O)C(=O)N(Cc2ccccn2)C1c1c[nH]c2ccccc12. The van der Waals surface area contributed by atoms with Gasteiger partial charge in [0.2, 0.25) is 0 Å². The third-order valence-corrected chi connectivity index (χ3v) is 6.39. The number of ketones is 1. The van der Waals surface area contributed by atoms with E-state index in [0.29, 0.717) is 17.0 Å². The van der Waals surface area contributed by atoms with Crippen LogP contribution in [0.2, 0.25) is 0 Å². The summed E-state index contributed by atoms with van der Waals surface area (Å²) < 4.78 is 5.57. The van der Waals surface area contributed by atoms with Crippen molar-refractivity contribution in [3.05, 3.63) is 101 Å². The summed E-state index contributed by atoms with van der Waals surface area (Å²) in [6.45, 7) is 3.90. The van der Waals surface area contributed by atoms with Crippen LogP contribution in [0, 0.1) is 13.8 Å². The van der Waals surface area contributed by atoms with E-state index >= 15 is 0 Å². The molecule has 1 amide bonds. The van der Waals surface area contributed by atoms with Gasteiger partial charge in [-0.2, -0.15) is 0 Å². The second kappa shape index (κ2) is 8.76. The van der Waals surface area contributed by atoms with Crippen molar-refractivity contribution in [2.24, 2.45) is 0 Å². The minimum absolute atomic E-state index is 0.0268. The number of H-pyrrole nitrogens is 1. The molecule has 1 saturated heterocycles. The average molecular weight is 468 g/mol. The van der Waals surface area contributed by atoms with E-state index in [1.165, 1.54) is 12.0 Å². The molecule has 176 valence electrons. The van der Waals surface area contributed by atoms with E-state index in [1.54, 1.807) is 30.6 Å². The number of hydrogen-bond donors (Lipinski definition) is 2. The van der Waals surface area contributed by atoms with Gasteiger partial charge < -0.3 is 19.7 Å². The van der Waals surface area contributed by atoms with Crippen LogP contribution in [-0.2, 0) is 16.1 Å². The number of carbonyl (C=O) groups excluding carboxylic acids is 2. The average Bonchev–Trinajstić information content (AvgIpc) is 3.38. The largest absolute Gasteiger partial charge is 0.507 e. The van der Waals surface area contributed by atoms with Gasteiger partial charge in [0.15, 0.2) is 0 Å². The van der Waals surface area contributed by atoms with Crippen molar-refractivity contribution in [3.8, 4) is 5.75 Å². The van der Waals surface area contributed by atoms with Gasteiger partial charge >= 0.3 is 0 Å². The number of aromatic nitrogens is 2. The van der Waals surface area contributed by atoms with Crippen molar-refractivity contribution in [3.63, 3.8) is 0 Å². The van der Waals surface area contributed by atoms with Crippen molar-refractivity contribution >= 4 is 28.4 Å². The molecule has 1 atom stereocenters. The van der Waals surface area contributed by atoms with Gasteiger partial charge in [-0.3, -0.25) is 14.6 Å². The molecule has 7 nitrogen and oxygen atoms in total. The molecule has 35 heavy (non-hydrogen) atoms. The van der Waals surface area contributed by atoms with Crippen molar-refractivity contribution in [1.82, 2.24) is 14.9 Å². The molecule has 1 unspecified atom stereocenters. The number of Topliss-reactive ketones (excluding diaryl/α,β-unsaturated/α-hetero) is 1. The molecule has 0 spiro atoms. The van der Waals surface area contributed by atoms with Crippen LogP contribution in [-0.4, -0.2) is 38.8 Å². The fourth-order valence-corrected chi connectivity index (χ4v) is 4.90. The minimum Gasteiger partial charge on any atom is -0.507 e. The first kappa shape index (κ1) is 22.4. The first-order valence-electron chi connectivity index (χ1n) is 11.3. The van der Waals surface area contributed by atoms with Crippen molar-refractivity contribution in [2.45, 2.75) is 26.4 Å². The van der Waals surface area contributed by atoms with Crippen molar-refractivity contribution < 1.29 is 19.4 Å². The maximum Gasteiger partial charge on any atom is 0.296 e. The summed E-state index contributed by atoms with van der Waals surface area (Å²) in [5.41, 5.74) is 4.36. The zero-order valence-electron chi connectivity index (χ0n) is 19.7. The summed E-state index contributed by atoms with van der Waals surface area (Å²) in [4.78, 5) is 35.8. The lowest BCUT2D eigenvalue weighted by molar-refractivity contribution is -0.140. The Hall–Kier alpha value is -4.39. The van der Waals surface area contributed by atoms with Gasteiger partial charge in [0.25, 0.3) is 11.7 Å². The number of amides is 1. The molecule has 0 saturated carbocycles. The highest BCUT2D eigenvalue weighted by molar-refractivity contribution is 6.46. The number of para-hydroxylation sites is 1. The number of fused-ring (bicyclic) bond motifs is 1. The number of pyridine rings is 1. The van der Waals surface area contributed by atoms with E-state index in [1.807, 2.05) is 50.2 Å². The van der Waals surface area contributed by atoms with Crippen LogP contribution in [0.5, 0.6) is 5.75 Å². The molecule has 0 aliphatic carbocycles. The highest BCUT2D eigenvalue weighted by atomic mass is 16.5. The summed E-state index contributed by atoms with van der Waals surface area (Å²) in [6, 6.07) is 16.0. The molecular weight excluding hydrogens is 442 g/mol. The molecule has 0 radical (unpaired) electrons. The Morgan fingerprint density at radius 2 is 1.89 bits per heavy atom. The van der Waals surface area contributed by atoms with Gasteiger partial charge in [-0.05, 0) is 49.2 Å². The summed E-state index contributed by atoms with van der Waals surface area (Å²) in [5, 5.41) is 12.4. The van der Waals surface area contributed by atoms with Gasteiger partial charge in [-0.15, -0.1) is 0 Å². The van der Waals surface area contributed by atoms with Crippen LogP contribution < -0.4 is 4.74 Å². The first-order valence-corrected chi connectivity index (χ1v) is 11.3. The number of benzene rings is 2. The minimum atomic E-state index is -0.807. The Bertz CT molecular complexity index is 1490. The van der Waals surface area contributed by atoms with Gasteiger partial charge in [0.1, 0.15) is 11.5 Å². The Morgan fingerprint density at radius 1 is 1.11 bits per heavy atom. The number of carbonyl (C=O) groups is 2. The number of aryl methyl sites for hydroxylation is 2. The Balaban J connectivity index is 1.76. The molecule has 2 aromatic carbocycles. The summed E-state index contributed by atoms with van der Waals surface area (Å²) in [7, 11) is 1.52.